The van der Waals surface area contributed by atoms with Gasteiger partial charge in [-0.15, -0.1) is 0 Å². The van der Waals surface area contributed by atoms with Gasteiger partial charge in [0.25, 0.3) is 0 Å². The van der Waals surface area contributed by atoms with Gasteiger partial charge in [-0.05, 0) is 44.5 Å². The monoisotopic (exact) mass is 325 g/mol. The molecule has 0 aliphatic rings. The van der Waals surface area contributed by atoms with E-state index in [0.717, 1.165) is 28.4 Å². The molecule has 114 valence electrons. The van der Waals surface area contributed by atoms with Gasteiger partial charge in [-0.25, -0.2) is 0 Å². The average Bonchev–Trinajstić information content (AvgIpc) is 2.81. The fraction of sp³-hybridized carbons (Fsp3) is 0.438. The first-order valence-electron chi connectivity index (χ1n) is 7.18. The lowest BCUT2D eigenvalue weighted by Gasteiger charge is -2.22. The topological polar surface area (TPSA) is 29.9 Å². The largest absolute Gasteiger partial charge is 0.305 e. The molecule has 0 spiro atoms. The van der Waals surface area contributed by atoms with E-state index in [1.54, 1.807) is 6.20 Å². The van der Waals surface area contributed by atoms with Crippen molar-refractivity contribution in [3.8, 4) is 0 Å². The van der Waals surface area contributed by atoms with Crippen LogP contribution in [0, 0.1) is 6.92 Å². The molecule has 0 aliphatic carbocycles. The van der Waals surface area contributed by atoms with Crippen molar-refractivity contribution >= 4 is 23.2 Å². The van der Waals surface area contributed by atoms with Gasteiger partial charge in [0.1, 0.15) is 0 Å². The Balaban J connectivity index is 2.53. The number of nitrogens with one attached hydrogen (secondary N) is 1. The molecule has 0 fully saturated rings. The maximum atomic E-state index is 6.38. The zero-order chi connectivity index (χ0) is 15.6. The second-order valence-corrected chi connectivity index (χ2v) is 6.23. The second kappa shape index (κ2) is 6.82. The van der Waals surface area contributed by atoms with Crippen LogP contribution in [0.3, 0.4) is 0 Å². The van der Waals surface area contributed by atoms with Crippen molar-refractivity contribution in [1.29, 1.82) is 0 Å². The Labute approximate surface area is 136 Å². The number of halogens is 2. The zero-order valence-electron chi connectivity index (χ0n) is 12.8. The molecule has 0 saturated carbocycles. The predicted molar refractivity (Wildman–Crippen MR) is 89.3 cm³/mol. The van der Waals surface area contributed by atoms with Gasteiger partial charge in [0, 0.05) is 11.1 Å². The third-order valence-electron chi connectivity index (χ3n) is 3.49. The normalized spacial score (nSPS) is 12.9. The summed E-state index contributed by atoms with van der Waals surface area (Å²) in [6.07, 6.45) is 1.71. The van der Waals surface area contributed by atoms with Crippen LogP contribution < -0.4 is 5.32 Å². The van der Waals surface area contributed by atoms with E-state index in [1.165, 1.54) is 0 Å². The number of rotatable bonds is 5. The summed E-state index contributed by atoms with van der Waals surface area (Å²) < 4.78 is 1.96. The van der Waals surface area contributed by atoms with Crippen molar-refractivity contribution in [3.05, 3.63) is 51.3 Å². The van der Waals surface area contributed by atoms with E-state index in [0.29, 0.717) is 5.02 Å². The van der Waals surface area contributed by atoms with Gasteiger partial charge < -0.3 is 5.32 Å². The van der Waals surface area contributed by atoms with Crippen LogP contribution in [-0.2, 0) is 0 Å². The van der Waals surface area contributed by atoms with E-state index < -0.39 is 0 Å². The van der Waals surface area contributed by atoms with E-state index in [4.69, 9.17) is 23.2 Å². The second-order valence-electron chi connectivity index (χ2n) is 5.42. The van der Waals surface area contributed by atoms with Crippen molar-refractivity contribution in [2.24, 2.45) is 0 Å². The number of aryl methyl sites for hydroxylation is 1. The minimum atomic E-state index is -0.0227. The molecule has 1 aromatic heterocycles. The molecule has 1 atom stereocenters. The Bertz CT molecular complexity index is 620. The van der Waals surface area contributed by atoms with E-state index in [2.05, 4.69) is 37.3 Å². The first-order chi connectivity index (χ1) is 9.95. The van der Waals surface area contributed by atoms with Crippen molar-refractivity contribution < 1.29 is 0 Å². The van der Waals surface area contributed by atoms with Crippen molar-refractivity contribution in [3.63, 3.8) is 0 Å². The predicted octanol–water partition coefficient (Wildman–Crippen LogP) is 4.78. The van der Waals surface area contributed by atoms with Crippen LogP contribution in [0.1, 0.15) is 49.7 Å². The highest BCUT2D eigenvalue weighted by atomic mass is 35.5. The van der Waals surface area contributed by atoms with Crippen LogP contribution in [0.25, 0.3) is 0 Å². The fourth-order valence-corrected chi connectivity index (χ4v) is 2.83. The van der Waals surface area contributed by atoms with Crippen LogP contribution in [0.5, 0.6) is 0 Å². The Morgan fingerprint density at radius 1 is 1.24 bits per heavy atom. The van der Waals surface area contributed by atoms with Crippen molar-refractivity contribution in [2.75, 3.05) is 6.54 Å². The van der Waals surface area contributed by atoms with Crippen LogP contribution in [0.2, 0.25) is 10.0 Å². The average molecular weight is 326 g/mol. The minimum absolute atomic E-state index is 0.0227. The molecular weight excluding hydrogens is 305 g/mol. The number of benzene rings is 1. The van der Waals surface area contributed by atoms with Gasteiger partial charge in [-0.2, -0.15) is 5.10 Å². The number of aromatic nitrogens is 2. The fourth-order valence-electron chi connectivity index (χ4n) is 2.40. The molecule has 0 bridgehead atoms. The molecule has 0 aliphatic heterocycles. The van der Waals surface area contributed by atoms with Gasteiger partial charge in [0.2, 0.25) is 0 Å². The molecular formula is C16H21Cl2N3. The lowest BCUT2D eigenvalue weighted by molar-refractivity contribution is 0.476. The summed E-state index contributed by atoms with van der Waals surface area (Å²) in [5.74, 6) is 0. The van der Waals surface area contributed by atoms with E-state index >= 15 is 0 Å². The summed E-state index contributed by atoms with van der Waals surface area (Å²) in [5, 5.41) is 9.31. The highest BCUT2D eigenvalue weighted by Gasteiger charge is 2.23. The lowest BCUT2D eigenvalue weighted by atomic mass is 10.0. The summed E-state index contributed by atoms with van der Waals surface area (Å²) in [7, 11) is 0. The molecule has 0 radical (unpaired) electrons. The van der Waals surface area contributed by atoms with Gasteiger partial charge >= 0.3 is 0 Å². The lowest BCUT2D eigenvalue weighted by Crippen LogP contribution is -2.26. The number of hydrogen-bond acceptors (Lipinski definition) is 2. The molecule has 0 saturated heterocycles. The third kappa shape index (κ3) is 3.42. The van der Waals surface area contributed by atoms with Crippen molar-refractivity contribution in [1.82, 2.24) is 15.1 Å². The maximum absolute atomic E-state index is 6.38. The molecule has 2 aromatic rings. The first kappa shape index (κ1) is 16.3. The molecule has 21 heavy (non-hydrogen) atoms. The molecule has 2 rings (SSSR count). The number of hydrogen-bond donors (Lipinski definition) is 1. The van der Waals surface area contributed by atoms with Crippen molar-refractivity contribution in [2.45, 2.75) is 39.8 Å². The van der Waals surface area contributed by atoms with Gasteiger partial charge in [0.05, 0.1) is 23.0 Å². The Hall–Kier alpha value is -1.03. The van der Waals surface area contributed by atoms with Crippen LogP contribution in [0.15, 0.2) is 24.4 Å². The molecule has 5 heteroatoms. The first-order valence-corrected chi connectivity index (χ1v) is 7.93. The zero-order valence-corrected chi connectivity index (χ0v) is 14.3. The quantitative estimate of drug-likeness (QED) is 0.857. The van der Waals surface area contributed by atoms with Crippen LogP contribution in [0.4, 0.5) is 0 Å². The summed E-state index contributed by atoms with van der Waals surface area (Å²) in [4.78, 5) is 0. The van der Waals surface area contributed by atoms with Gasteiger partial charge in [-0.1, -0.05) is 42.3 Å². The van der Waals surface area contributed by atoms with E-state index in [9.17, 15) is 0 Å². The standard InChI is InChI=1S/C16H21Cl2N3/c1-5-19-15(12-7-6-11(4)13(17)8-12)16-14(18)9-20-21(16)10(2)3/h6-10,15,19H,5H2,1-4H3. The van der Waals surface area contributed by atoms with E-state index in [-0.39, 0.29) is 12.1 Å². The Kier molecular flexibility index (Phi) is 5.31. The van der Waals surface area contributed by atoms with Gasteiger partial charge in [-0.3, -0.25) is 4.68 Å². The highest BCUT2D eigenvalue weighted by molar-refractivity contribution is 6.31. The summed E-state index contributed by atoms with van der Waals surface area (Å²) >= 11 is 12.7. The number of nitrogens with zero attached hydrogens (tertiary/aromatic N) is 2. The summed E-state index contributed by atoms with van der Waals surface area (Å²) in [6, 6.07) is 6.34. The smallest absolute Gasteiger partial charge is 0.0837 e. The third-order valence-corrected chi connectivity index (χ3v) is 4.19. The molecule has 1 unspecified atom stereocenters. The molecule has 3 nitrogen and oxygen atoms in total. The molecule has 1 N–H and O–H groups in total. The van der Waals surface area contributed by atoms with Crippen LogP contribution in [-0.4, -0.2) is 16.3 Å². The molecule has 0 amide bonds. The SMILES string of the molecule is CCNC(c1ccc(C)c(Cl)c1)c1c(Cl)cnn1C(C)C. The van der Waals surface area contributed by atoms with Crippen LogP contribution >= 0.6 is 23.2 Å². The van der Waals surface area contributed by atoms with E-state index in [1.807, 2.05) is 23.7 Å². The maximum Gasteiger partial charge on any atom is 0.0837 e. The Morgan fingerprint density at radius 3 is 2.52 bits per heavy atom. The van der Waals surface area contributed by atoms with Gasteiger partial charge in [0.15, 0.2) is 0 Å². The molecule has 1 aromatic carbocycles. The Morgan fingerprint density at radius 2 is 1.95 bits per heavy atom. The molecule has 1 heterocycles. The minimum Gasteiger partial charge on any atom is -0.305 e. The summed E-state index contributed by atoms with van der Waals surface area (Å²) in [6.45, 7) is 9.10. The highest BCUT2D eigenvalue weighted by Crippen LogP contribution is 2.32. The summed E-state index contributed by atoms with van der Waals surface area (Å²) in [5.41, 5.74) is 3.14.